The average Bonchev–Trinajstić information content (AvgIpc) is 3.35. The van der Waals surface area contributed by atoms with Gasteiger partial charge in [-0.15, -0.1) is 10.2 Å². The number of aromatic nitrogens is 2. The lowest BCUT2D eigenvalue weighted by molar-refractivity contribution is -0.385. The number of benzene rings is 2. The van der Waals surface area contributed by atoms with Gasteiger partial charge in [0.15, 0.2) is 0 Å². The molecule has 10 heteroatoms. The van der Waals surface area contributed by atoms with Gasteiger partial charge in [0.05, 0.1) is 4.92 Å². The van der Waals surface area contributed by atoms with Crippen molar-refractivity contribution in [2.75, 3.05) is 16.8 Å². The molecule has 1 atom stereocenters. The van der Waals surface area contributed by atoms with Crippen molar-refractivity contribution in [3.8, 4) is 0 Å². The van der Waals surface area contributed by atoms with Gasteiger partial charge < -0.3 is 4.90 Å². The Hall–Kier alpha value is -3.66. The van der Waals surface area contributed by atoms with Crippen LogP contribution in [0.4, 0.5) is 16.5 Å². The molecule has 0 radical (unpaired) electrons. The fraction of sp³-hybridized carbons (Fsp3) is 0.200. The summed E-state index contributed by atoms with van der Waals surface area (Å²) in [6.07, 6.45) is 0.321. The molecular formula is C20H17N5O4S. The van der Waals surface area contributed by atoms with Crippen LogP contribution in [-0.4, -0.2) is 33.5 Å². The molecule has 3 aromatic rings. The van der Waals surface area contributed by atoms with Crippen LogP contribution in [0.15, 0.2) is 48.5 Å². The maximum absolute atomic E-state index is 12.6. The molecule has 0 saturated carbocycles. The van der Waals surface area contributed by atoms with Gasteiger partial charge in [0.25, 0.3) is 11.6 Å². The molecule has 1 aliphatic heterocycles. The Morgan fingerprint density at radius 3 is 2.70 bits per heavy atom. The number of hydrogen-bond acceptors (Lipinski definition) is 7. The van der Waals surface area contributed by atoms with E-state index in [1.807, 2.05) is 30.3 Å². The van der Waals surface area contributed by atoms with Crippen LogP contribution in [0.2, 0.25) is 0 Å². The van der Waals surface area contributed by atoms with E-state index in [1.54, 1.807) is 4.90 Å². The van der Waals surface area contributed by atoms with E-state index >= 15 is 0 Å². The zero-order valence-corrected chi connectivity index (χ0v) is 16.8. The summed E-state index contributed by atoms with van der Waals surface area (Å²) < 4.78 is 0. The third-order valence-corrected chi connectivity index (χ3v) is 5.95. The number of carbonyl (C=O) groups is 2. The SMILES string of the molecule is Cc1c(C(=O)Nc2nnc(C3CC(=O)N(c4ccccc4)C3)s2)cccc1[N+](=O)[O-]. The highest BCUT2D eigenvalue weighted by molar-refractivity contribution is 7.15. The molecule has 0 aliphatic carbocycles. The molecule has 30 heavy (non-hydrogen) atoms. The van der Waals surface area contributed by atoms with Crippen molar-refractivity contribution < 1.29 is 14.5 Å². The summed E-state index contributed by atoms with van der Waals surface area (Å²) in [5, 5.41) is 22.8. The van der Waals surface area contributed by atoms with E-state index in [2.05, 4.69) is 15.5 Å². The summed E-state index contributed by atoms with van der Waals surface area (Å²) in [5.74, 6) is -0.591. The monoisotopic (exact) mass is 423 g/mol. The minimum Gasteiger partial charge on any atom is -0.312 e. The lowest BCUT2D eigenvalue weighted by Crippen LogP contribution is -2.24. The predicted molar refractivity (Wildman–Crippen MR) is 112 cm³/mol. The first-order valence-corrected chi connectivity index (χ1v) is 10.00. The highest BCUT2D eigenvalue weighted by atomic mass is 32.1. The van der Waals surface area contributed by atoms with Crippen molar-refractivity contribution in [2.24, 2.45) is 0 Å². The van der Waals surface area contributed by atoms with Gasteiger partial charge in [-0.1, -0.05) is 35.6 Å². The number of rotatable bonds is 5. The molecule has 1 N–H and O–H groups in total. The fourth-order valence-corrected chi connectivity index (χ4v) is 4.24. The Labute approximate surface area is 175 Å². The molecule has 1 saturated heterocycles. The highest BCUT2D eigenvalue weighted by Gasteiger charge is 2.34. The minimum atomic E-state index is -0.523. The number of nitrogens with one attached hydrogen (secondary N) is 1. The summed E-state index contributed by atoms with van der Waals surface area (Å²) in [4.78, 5) is 37.3. The van der Waals surface area contributed by atoms with E-state index < -0.39 is 10.8 Å². The normalized spacial score (nSPS) is 16.0. The molecule has 1 unspecified atom stereocenters. The van der Waals surface area contributed by atoms with E-state index in [4.69, 9.17) is 0 Å². The van der Waals surface area contributed by atoms with Crippen molar-refractivity contribution in [1.29, 1.82) is 0 Å². The maximum atomic E-state index is 12.6. The Morgan fingerprint density at radius 1 is 1.20 bits per heavy atom. The molecule has 2 heterocycles. The number of nitrogens with zero attached hydrogens (tertiary/aromatic N) is 4. The summed E-state index contributed by atoms with van der Waals surface area (Å²) >= 11 is 1.20. The van der Waals surface area contributed by atoms with E-state index in [0.29, 0.717) is 18.0 Å². The first kappa shape index (κ1) is 19.6. The third-order valence-electron chi connectivity index (χ3n) is 4.95. The number of anilines is 2. The quantitative estimate of drug-likeness (QED) is 0.495. The molecule has 0 bridgehead atoms. The Kier molecular flexibility index (Phi) is 5.23. The standard InChI is InChI=1S/C20H17N5O4S/c1-12-15(8-5-9-16(12)25(28)29)18(27)21-20-23-22-19(30-20)13-10-17(26)24(11-13)14-6-3-2-4-7-14/h2-9,13H,10-11H2,1H3,(H,21,23,27). The largest absolute Gasteiger partial charge is 0.312 e. The molecule has 2 amide bonds. The molecule has 9 nitrogen and oxygen atoms in total. The van der Waals surface area contributed by atoms with E-state index in [1.165, 1.54) is 36.5 Å². The molecular weight excluding hydrogens is 406 g/mol. The molecule has 2 aromatic carbocycles. The zero-order valence-electron chi connectivity index (χ0n) is 15.9. The maximum Gasteiger partial charge on any atom is 0.273 e. The number of carbonyl (C=O) groups excluding carboxylic acids is 2. The lowest BCUT2D eigenvalue weighted by Gasteiger charge is -2.15. The van der Waals surface area contributed by atoms with Crippen LogP contribution < -0.4 is 10.2 Å². The minimum absolute atomic E-state index is 0.0132. The van der Waals surface area contributed by atoms with E-state index in [-0.39, 0.29) is 33.8 Å². The third kappa shape index (κ3) is 3.77. The topological polar surface area (TPSA) is 118 Å². The summed E-state index contributed by atoms with van der Waals surface area (Å²) in [7, 11) is 0. The fourth-order valence-electron chi connectivity index (χ4n) is 3.41. The number of para-hydroxylation sites is 1. The van der Waals surface area contributed by atoms with Crippen molar-refractivity contribution in [3.05, 3.63) is 74.8 Å². The molecule has 0 spiro atoms. The molecule has 1 aliphatic rings. The number of nitro groups is 1. The first-order valence-electron chi connectivity index (χ1n) is 9.18. The smallest absolute Gasteiger partial charge is 0.273 e. The second-order valence-electron chi connectivity index (χ2n) is 6.85. The van der Waals surface area contributed by atoms with Crippen LogP contribution in [0.5, 0.6) is 0 Å². The van der Waals surface area contributed by atoms with Gasteiger partial charge in [-0.25, -0.2) is 0 Å². The van der Waals surface area contributed by atoms with Gasteiger partial charge in [0.1, 0.15) is 5.01 Å². The van der Waals surface area contributed by atoms with Crippen LogP contribution in [0.1, 0.15) is 33.3 Å². The predicted octanol–water partition coefficient (Wildman–Crippen LogP) is 3.53. The number of nitro benzene ring substituents is 1. The van der Waals surface area contributed by atoms with Gasteiger partial charge in [-0.3, -0.25) is 25.0 Å². The molecule has 4 rings (SSSR count). The lowest BCUT2D eigenvalue weighted by atomic mass is 10.1. The van der Waals surface area contributed by atoms with Gasteiger partial charge in [0.2, 0.25) is 11.0 Å². The Balaban J connectivity index is 1.48. The van der Waals surface area contributed by atoms with Crippen molar-refractivity contribution >= 4 is 39.7 Å². The Bertz CT molecular complexity index is 1130. The number of hydrogen-bond donors (Lipinski definition) is 1. The average molecular weight is 423 g/mol. The van der Waals surface area contributed by atoms with Crippen LogP contribution >= 0.6 is 11.3 Å². The van der Waals surface area contributed by atoms with Crippen molar-refractivity contribution in [1.82, 2.24) is 10.2 Å². The second-order valence-corrected chi connectivity index (χ2v) is 7.86. The van der Waals surface area contributed by atoms with Crippen LogP contribution in [0, 0.1) is 17.0 Å². The zero-order chi connectivity index (χ0) is 21.3. The van der Waals surface area contributed by atoms with Gasteiger partial charge in [-0.05, 0) is 25.1 Å². The number of amides is 2. The van der Waals surface area contributed by atoms with E-state index in [9.17, 15) is 19.7 Å². The highest BCUT2D eigenvalue weighted by Crippen LogP contribution is 2.34. The molecule has 152 valence electrons. The van der Waals surface area contributed by atoms with Gasteiger partial charge >= 0.3 is 0 Å². The van der Waals surface area contributed by atoms with Crippen LogP contribution in [0.3, 0.4) is 0 Å². The van der Waals surface area contributed by atoms with E-state index in [0.717, 1.165) is 5.69 Å². The van der Waals surface area contributed by atoms with Crippen LogP contribution in [-0.2, 0) is 4.79 Å². The summed E-state index contributed by atoms with van der Waals surface area (Å²) in [5.41, 5.74) is 1.20. The summed E-state index contributed by atoms with van der Waals surface area (Å²) in [6.45, 7) is 2.02. The van der Waals surface area contributed by atoms with Crippen molar-refractivity contribution in [2.45, 2.75) is 19.3 Å². The Morgan fingerprint density at radius 2 is 1.97 bits per heavy atom. The second kappa shape index (κ2) is 7.99. The summed E-state index contributed by atoms with van der Waals surface area (Å²) in [6, 6.07) is 13.8. The van der Waals surface area contributed by atoms with Crippen molar-refractivity contribution in [3.63, 3.8) is 0 Å². The molecule has 1 fully saturated rings. The van der Waals surface area contributed by atoms with Gasteiger partial charge in [-0.2, -0.15) is 0 Å². The first-order chi connectivity index (χ1) is 14.4. The van der Waals surface area contributed by atoms with Crippen LogP contribution in [0.25, 0.3) is 0 Å². The molecule has 1 aromatic heterocycles. The van der Waals surface area contributed by atoms with Gasteiger partial charge in [0, 0.05) is 41.8 Å².